The molecule has 1 amide bonds. The molecule has 8 heteroatoms. The summed E-state index contributed by atoms with van der Waals surface area (Å²) in [6.07, 6.45) is 3.25. The van der Waals surface area contributed by atoms with Gasteiger partial charge in [-0.15, -0.1) is 0 Å². The van der Waals surface area contributed by atoms with Gasteiger partial charge in [0, 0.05) is 23.0 Å². The third-order valence-corrected chi connectivity index (χ3v) is 5.07. The number of hydrogen-bond donors (Lipinski definition) is 0. The number of aromatic nitrogens is 1. The molecule has 1 saturated heterocycles. The second kappa shape index (κ2) is 9.76. The van der Waals surface area contributed by atoms with E-state index < -0.39 is 0 Å². The van der Waals surface area contributed by atoms with Crippen molar-refractivity contribution in [2.75, 3.05) is 26.4 Å². The second-order valence-electron chi connectivity index (χ2n) is 6.89. The maximum atomic E-state index is 13.2. The van der Waals surface area contributed by atoms with Crippen LogP contribution in [-0.2, 0) is 9.53 Å². The zero-order chi connectivity index (χ0) is 21.6. The van der Waals surface area contributed by atoms with Gasteiger partial charge in [-0.3, -0.25) is 9.78 Å². The lowest BCUT2D eigenvalue weighted by Gasteiger charge is -2.36. The van der Waals surface area contributed by atoms with E-state index in [2.05, 4.69) is 4.98 Å². The summed E-state index contributed by atoms with van der Waals surface area (Å²) in [5.41, 5.74) is 0.700. The molecular weight excluding hydrogens is 423 g/mol. The summed E-state index contributed by atoms with van der Waals surface area (Å²) in [6.45, 7) is 0.975. The summed E-state index contributed by atoms with van der Waals surface area (Å²) in [5.74, 6) is 1.18. The maximum absolute atomic E-state index is 13.2. The van der Waals surface area contributed by atoms with Gasteiger partial charge in [-0.2, -0.15) is 0 Å². The van der Waals surface area contributed by atoms with Crippen LogP contribution in [0.3, 0.4) is 0 Å². The largest absolute Gasteiger partial charge is 0.492 e. The standard InChI is InChI=1S/C23H20ClFN2O4/c24-16-1-5-18(6-2-16)30-12-11-27-21(14-29-15-23(27)28)20-13-26-10-9-22(20)31-19-7-3-17(25)4-8-19/h1-10,13,21H,11-12,14-15H2. The van der Waals surface area contributed by atoms with E-state index in [0.29, 0.717) is 47.6 Å². The van der Waals surface area contributed by atoms with E-state index in [4.69, 9.17) is 25.8 Å². The van der Waals surface area contributed by atoms with Crippen LogP contribution in [-0.4, -0.2) is 42.2 Å². The highest BCUT2D eigenvalue weighted by Gasteiger charge is 2.32. The van der Waals surface area contributed by atoms with Crippen molar-refractivity contribution in [3.05, 3.63) is 83.4 Å². The van der Waals surface area contributed by atoms with Crippen LogP contribution in [0, 0.1) is 5.82 Å². The number of pyridine rings is 1. The predicted octanol–water partition coefficient (Wildman–Crippen LogP) is 4.65. The number of carbonyl (C=O) groups is 1. The average molecular weight is 443 g/mol. The Hall–Kier alpha value is -3.16. The fraction of sp³-hybridized carbons (Fsp3) is 0.217. The van der Waals surface area contributed by atoms with E-state index in [9.17, 15) is 9.18 Å². The zero-order valence-corrected chi connectivity index (χ0v) is 17.3. The average Bonchev–Trinajstić information content (AvgIpc) is 2.78. The Morgan fingerprint density at radius 2 is 1.84 bits per heavy atom. The molecule has 0 saturated carbocycles. The van der Waals surface area contributed by atoms with Crippen molar-refractivity contribution < 1.29 is 23.4 Å². The van der Waals surface area contributed by atoms with Crippen molar-refractivity contribution in [1.82, 2.24) is 9.88 Å². The molecule has 1 atom stereocenters. The van der Waals surface area contributed by atoms with Crippen LogP contribution in [0.4, 0.5) is 4.39 Å². The molecule has 0 bridgehead atoms. The molecule has 6 nitrogen and oxygen atoms in total. The molecule has 4 rings (SSSR count). The Balaban J connectivity index is 1.50. The minimum Gasteiger partial charge on any atom is -0.492 e. The molecule has 0 spiro atoms. The van der Waals surface area contributed by atoms with Gasteiger partial charge in [-0.05, 0) is 54.6 Å². The van der Waals surface area contributed by atoms with Crippen molar-refractivity contribution in [3.63, 3.8) is 0 Å². The number of rotatable bonds is 7. The summed E-state index contributed by atoms with van der Waals surface area (Å²) in [5, 5.41) is 0.626. The molecule has 2 heterocycles. The first-order valence-electron chi connectivity index (χ1n) is 9.73. The SMILES string of the molecule is O=C1COCC(c2cnccc2Oc2ccc(F)cc2)N1CCOc1ccc(Cl)cc1. The number of nitrogens with zero attached hydrogens (tertiary/aromatic N) is 2. The van der Waals surface area contributed by atoms with Crippen LogP contribution >= 0.6 is 11.6 Å². The molecule has 0 N–H and O–H groups in total. The normalized spacial score (nSPS) is 16.3. The summed E-state index contributed by atoms with van der Waals surface area (Å²) >= 11 is 5.90. The van der Waals surface area contributed by atoms with Crippen LogP contribution < -0.4 is 9.47 Å². The molecule has 3 aromatic rings. The maximum Gasteiger partial charge on any atom is 0.249 e. The molecule has 1 aromatic heterocycles. The third kappa shape index (κ3) is 5.31. The van der Waals surface area contributed by atoms with Crippen LogP contribution in [0.1, 0.15) is 11.6 Å². The number of amides is 1. The van der Waals surface area contributed by atoms with E-state index in [1.54, 1.807) is 59.8 Å². The van der Waals surface area contributed by atoms with Crippen LogP contribution in [0.5, 0.6) is 17.2 Å². The van der Waals surface area contributed by atoms with Gasteiger partial charge in [-0.1, -0.05) is 11.6 Å². The van der Waals surface area contributed by atoms with Gasteiger partial charge >= 0.3 is 0 Å². The van der Waals surface area contributed by atoms with E-state index in [-0.39, 0.29) is 24.4 Å². The van der Waals surface area contributed by atoms with E-state index >= 15 is 0 Å². The summed E-state index contributed by atoms with van der Waals surface area (Å²) in [6, 6.07) is 14.1. The summed E-state index contributed by atoms with van der Waals surface area (Å²) in [4.78, 5) is 18.5. The Morgan fingerprint density at radius 1 is 1.10 bits per heavy atom. The third-order valence-electron chi connectivity index (χ3n) is 4.82. The quantitative estimate of drug-likeness (QED) is 0.533. The molecule has 160 valence electrons. The molecular formula is C23H20ClFN2O4. The highest BCUT2D eigenvalue weighted by Crippen LogP contribution is 2.34. The lowest BCUT2D eigenvalue weighted by Crippen LogP contribution is -2.46. The van der Waals surface area contributed by atoms with Gasteiger partial charge in [0.15, 0.2) is 0 Å². The topological polar surface area (TPSA) is 60.9 Å². The van der Waals surface area contributed by atoms with Gasteiger partial charge in [0.25, 0.3) is 0 Å². The van der Waals surface area contributed by atoms with Crippen molar-refractivity contribution in [1.29, 1.82) is 0 Å². The number of hydrogen-bond acceptors (Lipinski definition) is 5. The van der Waals surface area contributed by atoms with Gasteiger partial charge in [0.1, 0.15) is 36.3 Å². The molecule has 0 aliphatic carbocycles. The number of halogens is 2. The fourth-order valence-electron chi connectivity index (χ4n) is 3.30. The van der Waals surface area contributed by atoms with E-state index in [0.717, 1.165) is 0 Å². The Morgan fingerprint density at radius 3 is 2.61 bits per heavy atom. The minimum absolute atomic E-state index is 0.00581. The molecule has 1 aliphatic rings. The molecule has 0 radical (unpaired) electrons. The van der Waals surface area contributed by atoms with Crippen LogP contribution in [0.15, 0.2) is 67.0 Å². The predicted molar refractivity (Wildman–Crippen MR) is 113 cm³/mol. The Kier molecular flexibility index (Phi) is 6.64. The van der Waals surface area contributed by atoms with Crippen molar-refractivity contribution in [2.45, 2.75) is 6.04 Å². The highest BCUT2D eigenvalue weighted by atomic mass is 35.5. The lowest BCUT2D eigenvalue weighted by molar-refractivity contribution is -0.149. The van der Waals surface area contributed by atoms with E-state index in [1.807, 2.05) is 0 Å². The first-order chi connectivity index (χ1) is 15.1. The number of morpholine rings is 1. The molecule has 1 fully saturated rings. The Labute approximate surface area is 184 Å². The highest BCUT2D eigenvalue weighted by molar-refractivity contribution is 6.30. The van der Waals surface area contributed by atoms with Gasteiger partial charge < -0.3 is 19.1 Å². The second-order valence-corrected chi connectivity index (χ2v) is 7.33. The first kappa shape index (κ1) is 21.1. The van der Waals surface area contributed by atoms with Gasteiger partial charge in [0.2, 0.25) is 5.91 Å². The smallest absolute Gasteiger partial charge is 0.249 e. The first-order valence-corrected chi connectivity index (χ1v) is 10.1. The lowest BCUT2D eigenvalue weighted by atomic mass is 10.1. The number of benzene rings is 2. The van der Waals surface area contributed by atoms with Gasteiger partial charge in [-0.25, -0.2) is 4.39 Å². The summed E-state index contributed by atoms with van der Waals surface area (Å²) in [7, 11) is 0. The van der Waals surface area contributed by atoms with Crippen LogP contribution in [0.2, 0.25) is 5.02 Å². The van der Waals surface area contributed by atoms with Crippen LogP contribution in [0.25, 0.3) is 0 Å². The molecule has 1 unspecified atom stereocenters. The van der Waals surface area contributed by atoms with Crippen molar-refractivity contribution in [2.24, 2.45) is 0 Å². The fourth-order valence-corrected chi connectivity index (χ4v) is 3.43. The molecule has 2 aromatic carbocycles. The minimum atomic E-state index is -0.390. The molecule has 31 heavy (non-hydrogen) atoms. The van der Waals surface area contributed by atoms with Crippen molar-refractivity contribution >= 4 is 17.5 Å². The molecule has 1 aliphatic heterocycles. The monoisotopic (exact) mass is 442 g/mol. The van der Waals surface area contributed by atoms with Gasteiger partial charge in [0.05, 0.1) is 19.2 Å². The van der Waals surface area contributed by atoms with Crippen molar-refractivity contribution in [3.8, 4) is 17.2 Å². The number of carbonyl (C=O) groups excluding carboxylic acids is 1. The Bertz CT molecular complexity index is 1030. The summed E-state index contributed by atoms with van der Waals surface area (Å²) < 4.78 is 30.4. The zero-order valence-electron chi connectivity index (χ0n) is 16.5. The van der Waals surface area contributed by atoms with E-state index in [1.165, 1.54) is 12.1 Å². The number of ether oxygens (including phenoxy) is 3.